The van der Waals surface area contributed by atoms with Crippen LogP contribution in [0, 0.1) is 18.3 Å². The zero-order chi connectivity index (χ0) is 21.4. The second-order valence-corrected chi connectivity index (χ2v) is 6.67. The van der Waals surface area contributed by atoms with Crippen molar-refractivity contribution in [2.75, 3.05) is 20.3 Å². The van der Waals surface area contributed by atoms with Crippen LogP contribution in [0.4, 0.5) is 0 Å². The van der Waals surface area contributed by atoms with E-state index in [-0.39, 0.29) is 23.2 Å². The third kappa shape index (κ3) is 5.04. The van der Waals surface area contributed by atoms with Crippen molar-refractivity contribution < 1.29 is 19.4 Å². The SMILES string of the molecule is CCCCOc1cccc(C(=O)c2c(C)c(C#N)c(=O)n(CCCOC)c2O)c1. The molecule has 1 N–H and O–H groups in total. The first-order valence-corrected chi connectivity index (χ1v) is 9.59. The minimum atomic E-state index is -0.619. The van der Waals surface area contributed by atoms with Crippen LogP contribution in [0.1, 0.15) is 53.2 Å². The predicted octanol–water partition coefficient (Wildman–Crippen LogP) is 3.18. The quantitative estimate of drug-likeness (QED) is 0.487. The van der Waals surface area contributed by atoms with Gasteiger partial charge in [0, 0.05) is 25.8 Å². The molecule has 0 aliphatic carbocycles. The summed E-state index contributed by atoms with van der Waals surface area (Å²) in [6.07, 6.45) is 2.34. The van der Waals surface area contributed by atoms with Crippen molar-refractivity contribution in [2.45, 2.75) is 39.7 Å². The van der Waals surface area contributed by atoms with Crippen molar-refractivity contribution in [3.63, 3.8) is 0 Å². The van der Waals surface area contributed by atoms with E-state index in [9.17, 15) is 20.0 Å². The maximum Gasteiger partial charge on any atom is 0.271 e. The van der Waals surface area contributed by atoms with Crippen LogP contribution >= 0.6 is 0 Å². The molecule has 29 heavy (non-hydrogen) atoms. The van der Waals surface area contributed by atoms with Crippen molar-refractivity contribution >= 4 is 5.78 Å². The molecule has 1 aromatic carbocycles. The fourth-order valence-electron chi connectivity index (χ4n) is 3.00. The number of nitriles is 1. The Kier molecular flexibility index (Phi) is 7.98. The van der Waals surface area contributed by atoms with Crippen molar-refractivity contribution in [3.8, 4) is 17.7 Å². The van der Waals surface area contributed by atoms with Gasteiger partial charge in [0.15, 0.2) is 5.78 Å². The second-order valence-electron chi connectivity index (χ2n) is 6.67. The average Bonchev–Trinajstić information content (AvgIpc) is 2.71. The van der Waals surface area contributed by atoms with E-state index in [2.05, 4.69) is 6.92 Å². The minimum Gasteiger partial charge on any atom is -0.494 e. The summed E-state index contributed by atoms with van der Waals surface area (Å²) in [5.41, 5.74) is -0.348. The van der Waals surface area contributed by atoms with Gasteiger partial charge in [0.2, 0.25) is 5.88 Å². The largest absolute Gasteiger partial charge is 0.494 e. The molecule has 154 valence electrons. The first-order chi connectivity index (χ1) is 14.0. The van der Waals surface area contributed by atoms with E-state index >= 15 is 0 Å². The summed E-state index contributed by atoms with van der Waals surface area (Å²) in [6.45, 7) is 4.61. The van der Waals surface area contributed by atoms with E-state index in [0.29, 0.717) is 30.9 Å². The van der Waals surface area contributed by atoms with Crippen molar-refractivity contribution in [1.82, 2.24) is 4.57 Å². The summed E-state index contributed by atoms with van der Waals surface area (Å²) in [5, 5.41) is 20.1. The number of carbonyl (C=O) groups is 1. The van der Waals surface area contributed by atoms with Crippen LogP contribution in [-0.2, 0) is 11.3 Å². The third-order valence-corrected chi connectivity index (χ3v) is 4.62. The van der Waals surface area contributed by atoms with E-state index in [4.69, 9.17) is 9.47 Å². The molecule has 0 aliphatic rings. The van der Waals surface area contributed by atoms with Gasteiger partial charge in [0.1, 0.15) is 17.4 Å². The van der Waals surface area contributed by atoms with E-state index in [1.807, 2.05) is 6.07 Å². The molecule has 1 heterocycles. The van der Waals surface area contributed by atoms with E-state index in [1.54, 1.807) is 24.3 Å². The van der Waals surface area contributed by atoms with Gasteiger partial charge in [-0.1, -0.05) is 25.5 Å². The molecule has 0 saturated carbocycles. The Bertz CT molecular complexity index is 972. The Balaban J connectivity index is 2.49. The molecule has 2 rings (SSSR count). The monoisotopic (exact) mass is 398 g/mol. The number of ketones is 1. The normalized spacial score (nSPS) is 10.6. The van der Waals surface area contributed by atoms with Crippen LogP contribution in [0.5, 0.6) is 11.6 Å². The molecule has 1 aromatic heterocycles. The molecule has 0 spiro atoms. The van der Waals surface area contributed by atoms with Gasteiger partial charge in [-0.25, -0.2) is 0 Å². The van der Waals surface area contributed by atoms with Crippen LogP contribution in [0.3, 0.4) is 0 Å². The summed E-state index contributed by atoms with van der Waals surface area (Å²) in [7, 11) is 1.53. The number of rotatable bonds is 10. The van der Waals surface area contributed by atoms with Gasteiger partial charge < -0.3 is 14.6 Å². The number of hydrogen-bond acceptors (Lipinski definition) is 6. The summed E-state index contributed by atoms with van der Waals surface area (Å²) < 4.78 is 11.7. The number of benzene rings is 1. The lowest BCUT2D eigenvalue weighted by Crippen LogP contribution is -2.27. The Labute approximate surface area is 170 Å². The highest BCUT2D eigenvalue weighted by Crippen LogP contribution is 2.26. The Morgan fingerprint density at radius 2 is 2.03 bits per heavy atom. The summed E-state index contributed by atoms with van der Waals surface area (Å²) in [4.78, 5) is 25.7. The van der Waals surface area contributed by atoms with Gasteiger partial charge in [-0.2, -0.15) is 5.26 Å². The zero-order valence-corrected chi connectivity index (χ0v) is 17.0. The Morgan fingerprint density at radius 1 is 1.28 bits per heavy atom. The molecule has 0 amide bonds. The Hall–Kier alpha value is -3.11. The number of pyridine rings is 1. The molecule has 0 bridgehead atoms. The van der Waals surface area contributed by atoms with Crippen molar-refractivity contribution in [2.24, 2.45) is 0 Å². The lowest BCUT2D eigenvalue weighted by Gasteiger charge is -2.16. The van der Waals surface area contributed by atoms with Crippen molar-refractivity contribution in [1.29, 1.82) is 5.26 Å². The highest BCUT2D eigenvalue weighted by Gasteiger charge is 2.25. The van der Waals surface area contributed by atoms with E-state index in [1.165, 1.54) is 14.0 Å². The molecule has 7 nitrogen and oxygen atoms in total. The highest BCUT2D eigenvalue weighted by atomic mass is 16.5. The number of carbonyl (C=O) groups excluding carboxylic acids is 1. The van der Waals surface area contributed by atoms with Gasteiger partial charge in [-0.3, -0.25) is 14.2 Å². The number of nitrogens with zero attached hydrogens (tertiary/aromatic N) is 2. The molecular formula is C22H26N2O5. The van der Waals surface area contributed by atoms with Gasteiger partial charge in [-0.15, -0.1) is 0 Å². The van der Waals surface area contributed by atoms with Crippen LogP contribution in [0.2, 0.25) is 0 Å². The molecule has 0 atom stereocenters. The maximum absolute atomic E-state index is 13.2. The van der Waals surface area contributed by atoms with Crippen LogP contribution in [-0.4, -0.2) is 35.8 Å². The molecule has 0 radical (unpaired) electrons. The molecular weight excluding hydrogens is 372 g/mol. The van der Waals surface area contributed by atoms with Crippen LogP contribution < -0.4 is 10.3 Å². The minimum absolute atomic E-state index is 0.0516. The highest BCUT2D eigenvalue weighted by molar-refractivity contribution is 6.11. The van der Waals surface area contributed by atoms with E-state index < -0.39 is 17.2 Å². The van der Waals surface area contributed by atoms with Crippen LogP contribution in [0.15, 0.2) is 29.1 Å². The summed E-state index contributed by atoms with van der Waals surface area (Å²) in [6, 6.07) is 8.52. The lowest BCUT2D eigenvalue weighted by molar-refractivity contribution is 0.103. The summed E-state index contributed by atoms with van der Waals surface area (Å²) in [5.74, 6) is -0.363. The van der Waals surface area contributed by atoms with E-state index in [0.717, 1.165) is 17.4 Å². The average molecular weight is 398 g/mol. The molecule has 2 aromatic rings. The number of aromatic hydroxyl groups is 1. The number of unbranched alkanes of at least 4 members (excludes halogenated alkanes) is 1. The maximum atomic E-state index is 13.2. The van der Waals surface area contributed by atoms with Gasteiger partial charge in [-0.05, 0) is 37.5 Å². The van der Waals surface area contributed by atoms with Crippen LogP contribution in [0.25, 0.3) is 0 Å². The third-order valence-electron chi connectivity index (χ3n) is 4.62. The lowest BCUT2D eigenvalue weighted by atomic mass is 9.97. The number of hydrogen-bond donors (Lipinski definition) is 1. The molecule has 0 aliphatic heterocycles. The van der Waals surface area contributed by atoms with Gasteiger partial charge >= 0.3 is 0 Å². The molecule has 0 fully saturated rings. The second kappa shape index (κ2) is 10.4. The number of ether oxygens (including phenoxy) is 2. The fraction of sp³-hybridized carbons (Fsp3) is 0.409. The van der Waals surface area contributed by atoms with Gasteiger partial charge in [0.25, 0.3) is 5.56 Å². The molecule has 0 unspecified atom stereocenters. The van der Waals surface area contributed by atoms with Gasteiger partial charge in [0.05, 0.1) is 12.2 Å². The first kappa shape index (κ1) is 22.2. The Morgan fingerprint density at radius 3 is 2.69 bits per heavy atom. The zero-order valence-electron chi connectivity index (χ0n) is 17.0. The number of aromatic nitrogens is 1. The molecule has 0 saturated heterocycles. The smallest absolute Gasteiger partial charge is 0.271 e. The standard InChI is InChI=1S/C22H26N2O5/c1-4-5-12-29-17-9-6-8-16(13-17)20(25)19-15(2)18(14-23)21(26)24(22(19)27)10-7-11-28-3/h6,8-9,13,27H,4-5,7,10-12H2,1-3H3. The van der Waals surface area contributed by atoms with Crippen molar-refractivity contribution in [3.05, 3.63) is 56.9 Å². The predicted molar refractivity (Wildman–Crippen MR) is 109 cm³/mol. The summed E-state index contributed by atoms with van der Waals surface area (Å²) >= 11 is 0. The first-order valence-electron chi connectivity index (χ1n) is 9.59. The number of methoxy groups -OCH3 is 1. The topological polar surface area (TPSA) is 102 Å². The fourth-order valence-corrected chi connectivity index (χ4v) is 3.00. The molecule has 7 heteroatoms.